The van der Waals surface area contributed by atoms with E-state index in [2.05, 4.69) is 15.5 Å². The van der Waals surface area contributed by atoms with Crippen molar-refractivity contribution >= 4 is 46.3 Å². The van der Waals surface area contributed by atoms with E-state index in [-0.39, 0.29) is 5.91 Å². The number of thiophene rings is 1. The predicted molar refractivity (Wildman–Crippen MR) is 75.0 cm³/mol. The van der Waals surface area contributed by atoms with Gasteiger partial charge in [-0.25, -0.2) is 0 Å². The third-order valence-electron chi connectivity index (χ3n) is 2.36. The van der Waals surface area contributed by atoms with Crippen LogP contribution >= 0.6 is 34.5 Å². The standard InChI is InChI=1S/C11H11Cl2N3OS/c1-5(2)7-4-9(16-15-7)14-11(17)6-3-8(12)18-10(6)13/h3-5H,1-2H3,(H2,14,15,16,17). The van der Waals surface area contributed by atoms with Gasteiger partial charge in [0.05, 0.1) is 9.90 Å². The molecule has 0 aliphatic rings. The van der Waals surface area contributed by atoms with Crippen LogP contribution in [0.3, 0.4) is 0 Å². The van der Waals surface area contributed by atoms with Gasteiger partial charge in [0.1, 0.15) is 4.34 Å². The summed E-state index contributed by atoms with van der Waals surface area (Å²) in [5.41, 5.74) is 1.32. The van der Waals surface area contributed by atoms with Gasteiger partial charge in [0, 0.05) is 11.8 Å². The summed E-state index contributed by atoms with van der Waals surface area (Å²) >= 11 is 12.9. The topological polar surface area (TPSA) is 57.8 Å². The molecule has 0 saturated carbocycles. The molecule has 0 aromatic carbocycles. The number of nitrogens with zero attached hydrogens (tertiary/aromatic N) is 1. The number of rotatable bonds is 3. The van der Waals surface area contributed by atoms with Crippen molar-refractivity contribution in [2.75, 3.05) is 5.32 Å². The number of nitrogens with one attached hydrogen (secondary N) is 2. The second-order valence-electron chi connectivity index (χ2n) is 4.06. The Labute approximate surface area is 118 Å². The van der Waals surface area contributed by atoms with Gasteiger partial charge in [-0.1, -0.05) is 37.0 Å². The Bertz CT molecular complexity index is 577. The lowest BCUT2D eigenvalue weighted by Crippen LogP contribution is -2.11. The Morgan fingerprint density at radius 3 is 2.67 bits per heavy atom. The van der Waals surface area contributed by atoms with E-state index >= 15 is 0 Å². The number of H-pyrrole nitrogens is 1. The monoisotopic (exact) mass is 303 g/mol. The van der Waals surface area contributed by atoms with E-state index in [9.17, 15) is 4.79 Å². The molecule has 0 bridgehead atoms. The molecular weight excluding hydrogens is 293 g/mol. The molecule has 0 aliphatic heterocycles. The molecule has 2 heterocycles. The van der Waals surface area contributed by atoms with Crippen LogP contribution in [0.2, 0.25) is 8.67 Å². The van der Waals surface area contributed by atoms with E-state index in [1.807, 2.05) is 13.8 Å². The first-order chi connectivity index (χ1) is 8.47. The molecule has 0 radical (unpaired) electrons. The molecule has 2 rings (SSSR count). The maximum absolute atomic E-state index is 11.9. The maximum Gasteiger partial charge on any atom is 0.259 e. The average molecular weight is 304 g/mol. The summed E-state index contributed by atoms with van der Waals surface area (Å²) < 4.78 is 0.854. The normalized spacial score (nSPS) is 10.9. The highest BCUT2D eigenvalue weighted by atomic mass is 35.5. The molecule has 0 spiro atoms. The first-order valence-electron chi connectivity index (χ1n) is 5.29. The highest BCUT2D eigenvalue weighted by Gasteiger charge is 2.15. The van der Waals surface area contributed by atoms with Crippen LogP contribution in [0.25, 0.3) is 0 Å². The van der Waals surface area contributed by atoms with Crippen LogP contribution in [0.5, 0.6) is 0 Å². The molecule has 0 aliphatic carbocycles. The third-order valence-corrected chi connectivity index (χ3v) is 3.85. The summed E-state index contributed by atoms with van der Waals surface area (Å²) in [4.78, 5) is 11.9. The van der Waals surface area contributed by atoms with Crippen LogP contribution in [0, 0.1) is 0 Å². The number of carbonyl (C=O) groups excluding carboxylic acids is 1. The maximum atomic E-state index is 11.9. The minimum Gasteiger partial charge on any atom is -0.305 e. The average Bonchev–Trinajstić information content (AvgIpc) is 2.85. The number of amides is 1. The lowest BCUT2D eigenvalue weighted by molar-refractivity contribution is 0.102. The Morgan fingerprint density at radius 1 is 1.44 bits per heavy atom. The fraction of sp³-hybridized carbons (Fsp3) is 0.273. The zero-order valence-electron chi connectivity index (χ0n) is 9.75. The summed E-state index contributed by atoms with van der Waals surface area (Å²) in [6.07, 6.45) is 0. The molecular formula is C11H11Cl2N3OS. The molecule has 1 amide bonds. The lowest BCUT2D eigenvalue weighted by Gasteiger charge is -1.99. The molecule has 0 unspecified atom stereocenters. The molecule has 0 fully saturated rings. The number of halogens is 2. The first kappa shape index (κ1) is 13.4. The zero-order chi connectivity index (χ0) is 13.3. The van der Waals surface area contributed by atoms with Gasteiger partial charge in [0.25, 0.3) is 5.91 Å². The zero-order valence-corrected chi connectivity index (χ0v) is 12.1. The van der Waals surface area contributed by atoms with Gasteiger partial charge >= 0.3 is 0 Å². The molecule has 0 saturated heterocycles. The van der Waals surface area contributed by atoms with Gasteiger partial charge in [-0.15, -0.1) is 11.3 Å². The molecule has 2 aromatic rings. The fourth-order valence-electron chi connectivity index (χ4n) is 1.38. The van der Waals surface area contributed by atoms with Crippen molar-refractivity contribution in [1.29, 1.82) is 0 Å². The molecule has 0 atom stereocenters. The Morgan fingerprint density at radius 2 is 2.17 bits per heavy atom. The van der Waals surface area contributed by atoms with Crippen molar-refractivity contribution < 1.29 is 4.79 Å². The Balaban J connectivity index is 2.13. The van der Waals surface area contributed by atoms with Gasteiger partial charge in [-0.05, 0) is 12.0 Å². The largest absolute Gasteiger partial charge is 0.305 e. The quantitative estimate of drug-likeness (QED) is 0.894. The second kappa shape index (κ2) is 5.30. The SMILES string of the molecule is CC(C)c1cc(NC(=O)c2cc(Cl)sc2Cl)n[nH]1. The molecule has 18 heavy (non-hydrogen) atoms. The number of hydrogen-bond donors (Lipinski definition) is 2. The van der Waals surface area contributed by atoms with E-state index in [0.29, 0.717) is 26.0 Å². The predicted octanol–water partition coefficient (Wildman–Crippen LogP) is 4.15. The van der Waals surface area contributed by atoms with Crippen LogP contribution in [0.4, 0.5) is 5.82 Å². The van der Waals surface area contributed by atoms with Crippen LogP contribution in [0.1, 0.15) is 35.8 Å². The molecule has 96 valence electrons. The number of aromatic nitrogens is 2. The van der Waals surface area contributed by atoms with Crippen molar-refractivity contribution in [2.45, 2.75) is 19.8 Å². The van der Waals surface area contributed by atoms with Crippen molar-refractivity contribution in [3.05, 3.63) is 32.1 Å². The Hall–Kier alpha value is -1.04. The summed E-state index contributed by atoms with van der Waals surface area (Å²) in [5, 5.41) is 9.54. The van der Waals surface area contributed by atoms with Gasteiger partial charge < -0.3 is 5.32 Å². The smallest absolute Gasteiger partial charge is 0.259 e. The molecule has 4 nitrogen and oxygen atoms in total. The first-order valence-corrected chi connectivity index (χ1v) is 6.86. The van der Waals surface area contributed by atoms with Crippen molar-refractivity contribution in [3.8, 4) is 0 Å². The van der Waals surface area contributed by atoms with Crippen LogP contribution in [-0.4, -0.2) is 16.1 Å². The van der Waals surface area contributed by atoms with E-state index in [1.165, 1.54) is 0 Å². The summed E-state index contributed by atoms with van der Waals surface area (Å²) in [6, 6.07) is 3.34. The van der Waals surface area contributed by atoms with Crippen LogP contribution in [0.15, 0.2) is 12.1 Å². The number of carbonyl (C=O) groups is 1. The molecule has 7 heteroatoms. The lowest BCUT2D eigenvalue weighted by atomic mass is 10.1. The minimum atomic E-state index is -0.315. The highest BCUT2D eigenvalue weighted by Crippen LogP contribution is 2.31. The van der Waals surface area contributed by atoms with E-state index < -0.39 is 0 Å². The molecule has 2 N–H and O–H groups in total. The summed E-state index contributed by atoms with van der Waals surface area (Å²) in [6.45, 7) is 4.07. The van der Waals surface area contributed by atoms with Crippen LogP contribution in [-0.2, 0) is 0 Å². The minimum absolute atomic E-state index is 0.315. The van der Waals surface area contributed by atoms with Crippen molar-refractivity contribution in [3.63, 3.8) is 0 Å². The fourth-order valence-corrected chi connectivity index (χ4v) is 2.83. The van der Waals surface area contributed by atoms with Gasteiger partial charge in [-0.2, -0.15) is 5.10 Å². The Kier molecular flexibility index (Phi) is 3.94. The van der Waals surface area contributed by atoms with Crippen LogP contribution < -0.4 is 5.32 Å². The van der Waals surface area contributed by atoms with Crippen molar-refractivity contribution in [1.82, 2.24) is 10.2 Å². The molecule has 2 aromatic heterocycles. The second-order valence-corrected chi connectivity index (χ2v) is 6.34. The summed E-state index contributed by atoms with van der Waals surface area (Å²) in [7, 11) is 0. The van der Waals surface area contributed by atoms with Gasteiger partial charge in [0.15, 0.2) is 5.82 Å². The van der Waals surface area contributed by atoms with Gasteiger partial charge in [0.2, 0.25) is 0 Å². The summed E-state index contributed by atoms with van der Waals surface area (Å²) in [5.74, 6) is 0.481. The van der Waals surface area contributed by atoms with Crippen molar-refractivity contribution in [2.24, 2.45) is 0 Å². The number of anilines is 1. The van der Waals surface area contributed by atoms with Gasteiger partial charge in [-0.3, -0.25) is 9.89 Å². The number of aromatic amines is 1. The number of hydrogen-bond acceptors (Lipinski definition) is 3. The van der Waals surface area contributed by atoms with E-state index in [4.69, 9.17) is 23.2 Å². The third kappa shape index (κ3) is 2.85. The highest BCUT2D eigenvalue weighted by molar-refractivity contribution is 7.20. The van der Waals surface area contributed by atoms with E-state index in [1.54, 1.807) is 12.1 Å². The van der Waals surface area contributed by atoms with E-state index in [0.717, 1.165) is 17.0 Å².